The number of likely N-dealkylation sites (N-methyl/N-ethyl adjacent to an activating group) is 1. The van der Waals surface area contributed by atoms with Gasteiger partial charge in [-0.3, -0.25) is 0 Å². The minimum Gasteiger partial charge on any atom is -0.450 e. The Hall–Kier alpha value is -0.770. The molecule has 1 heterocycles. The van der Waals surface area contributed by atoms with Crippen LogP contribution in [0.1, 0.15) is 13.8 Å². The highest BCUT2D eigenvalue weighted by Crippen LogP contribution is 2.07. The molecule has 1 unspecified atom stereocenters. The summed E-state index contributed by atoms with van der Waals surface area (Å²) in [5.41, 5.74) is 0. The van der Waals surface area contributed by atoms with Crippen molar-refractivity contribution in [3.8, 4) is 0 Å². The Labute approximate surface area is 79.4 Å². The van der Waals surface area contributed by atoms with Crippen molar-refractivity contribution in [1.82, 2.24) is 9.80 Å². The van der Waals surface area contributed by atoms with Crippen LogP contribution in [0.3, 0.4) is 0 Å². The minimum absolute atomic E-state index is 0.178. The predicted octanol–water partition coefficient (Wildman–Crippen LogP) is 0.779. The van der Waals surface area contributed by atoms with E-state index in [0.29, 0.717) is 12.6 Å². The van der Waals surface area contributed by atoms with Gasteiger partial charge in [0.2, 0.25) is 0 Å². The van der Waals surface area contributed by atoms with Crippen LogP contribution in [0.5, 0.6) is 0 Å². The van der Waals surface area contributed by atoms with Gasteiger partial charge in [0.1, 0.15) is 0 Å². The normalized spacial score (nSPS) is 24.5. The zero-order valence-electron chi connectivity index (χ0n) is 8.62. The summed E-state index contributed by atoms with van der Waals surface area (Å²) in [6.45, 7) is 6.89. The van der Waals surface area contributed by atoms with Crippen molar-refractivity contribution in [2.24, 2.45) is 0 Å². The molecule has 4 heteroatoms. The van der Waals surface area contributed by atoms with Gasteiger partial charge in [-0.2, -0.15) is 0 Å². The van der Waals surface area contributed by atoms with E-state index in [0.717, 1.165) is 19.6 Å². The lowest BCUT2D eigenvalue weighted by Crippen LogP contribution is -2.52. The molecule has 0 aromatic heterocycles. The first-order chi connectivity index (χ1) is 6.15. The van der Waals surface area contributed by atoms with Crippen molar-refractivity contribution < 1.29 is 9.53 Å². The van der Waals surface area contributed by atoms with Crippen LogP contribution in [-0.2, 0) is 4.74 Å². The molecule has 1 amide bonds. The molecule has 0 spiro atoms. The van der Waals surface area contributed by atoms with E-state index in [-0.39, 0.29) is 6.09 Å². The highest BCUT2D eigenvalue weighted by Gasteiger charge is 2.24. The lowest BCUT2D eigenvalue weighted by atomic mass is 10.2. The van der Waals surface area contributed by atoms with Crippen LogP contribution in [0.4, 0.5) is 4.79 Å². The summed E-state index contributed by atoms with van der Waals surface area (Å²) in [5, 5.41) is 0. The van der Waals surface area contributed by atoms with Crippen LogP contribution in [0.25, 0.3) is 0 Å². The van der Waals surface area contributed by atoms with E-state index in [4.69, 9.17) is 4.74 Å². The van der Waals surface area contributed by atoms with Crippen LogP contribution in [0.2, 0.25) is 0 Å². The molecule has 0 aliphatic carbocycles. The molecule has 0 radical (unpaired) electrons. The molecular weight excluding hydrogens is 168 g/mol. The van der Waals surface area contributed by atoms with Crippen molar-refractivity contribution in [3.05, 3.63) is 0 Å². The number of carbonyl (C=O) groups excluding carboxylic acids is 1. The van der Waals surface area contributed by atoms with Gasteiger partial charge in [-0.15, -0.1) is 0 Å². The van der Waals surface area contributed by atoms with Crippen molar-refractivity contribution in [3.63, 3.8) is 0 Å². The number of nitrogens with zero attached hydrogens (tertiary/aromatic N) is 2. The second-order valence-electron chi connectivity index (χ2n) is 3.47. The second-order valence-corrected chi connectivity index (χ2v) is 3.47. The average Bonchev–Trinajstić information content (AvgIpc) is 2.10. The maximum atomic E-state index is 11.3. The zero-order chi connectivity index (χ0) is 9.84. The third-order valence-corrected chi connectivity index (χ3v) is 2.49. The van der Waals surface area contributed by atoms with Gasteiger partial charge < -0.3 is 14.5 Å². The third-order valence-electron chi connectivity index (χ3n) is 2.49. The summed E-state index contributed by atoms with van der Waals surface area (Å²) in [6.07, 6.45) is -0.178. The molecule has 0 bridgehead atoms. The third kappa shape index (κ3) is 2.59. The maximum absolute atomic E-state index is 11.3. The summed E-state index contributed by atoms with van der Waals surface area (Å²) in [7, 11) is 2.08. The average molecular weight is 186 g/mol. The zero-order valence-corrected chi connectivity index (χ0v) is 8.62. The summed E-state index contributed by atoms with van der Waals surface area (Å²) in [6, 6.07) is 0.429. The molecule has 1 fully saturated rings. The van der Waals surface area contributed by atoms with Crippen LogP contribution in [0, 0.1) is 0 Å². The minimum atomic E-state index is -0.178. The standard InChI is InChI=1S/C9H18N2O2/c1-4-13-9(12)11-6-5-10(3)8(2)7-11/h8H,4-7H2,1-3H3. The van der Waals surface area contributed by atoms with Crippen LogP contribution in [0.15, 0.2) is 0 Å². The van der Waals surface area contributed by atoms with Gasteiger partial charge in [0.15, 0.2) is 0 Å². The van der Waals surface area contributed by atoms with E-state index in [1.807, 2.05) is 6.92 Å². The summed E-state index contributed by atoms with van der Waals surface area (Å²) < 4.78 is 4.93. The SMILES string of the molecule is CCOC(=O)N1CCN(C)C(C)C1. The van der Waals surface area contributed by atoms with E-state index in [1.54, 1.807) is 4.90 Å². The summed E-state index contributed by atoms with van der Waals surface area (Å²) in [4.78, 5) is 15.4. The molecule has 1 rings (SSSR count). The quantitative estimate of drug-likeness (QED) is 0.606. The Balaban J connectivity index is 2.40. The lowest BCUT2D eigenvalue weighted by Gasteiger charge is -2.36. The fourth-order valence-electron chi connectivity index (χ4n) is 1.43. The number of piperazine rings is 1. The van der Waals surface area contributed by atoms with Gasteiger partial charge in [-0.05, 0) is 20.9 Å². The number of hydrogen-bond acceptors (Lipinski definition) is 3. The van der Waals surface area contributed by atoms with Crippen LogP contribution >= 0.6 is 0 Å². The first-order valence-electron chi connectivity index (χ1n) is 4.77. The molecule has 1 atom stereocenters. The Morgan fingerprint density at radius 3 is 2.77 bits per heavy atom. The number of carbonyl (C=O) groups is 1. The van der Waals surface area contributed by atoms with Crippen LogP contribution < -0.4 is 0 Å². The van der Waals surface area contributed by atoms with Gasteiger partial charge >= 0.3 is 6.09 Å². The first-order valence-corrected chi connectivity index (χ1v) is 4.77. The monoisotopic (exact) mass is 186 g/mol. The van der Waals surface area contributed by atoms with Gasteiger partial charge in [0, 0.05) is 25.7 Å². The van der Waals surface area contributed by atoms with Gasteiger partial charge in [0.25, 0.3) is 0 Å². The Kier molecular flexibility index (Phi) is 3.54. The highest BCUT2D eigenvalue weighted by atomic mass is 16.6. The molecule has 76 valence electrons. The molecule has 0 N–H and O–H groups in total. The first kappa shape index (κ1) is 10.3. The topological polar surface area (TPSA) is 32.8 Å². The Bertz CT molecular complexity index is 184. The fourth-order valence-corrected chi connectivity index (χ4v) is 1.43. The van der Waals surface area contributed by atoms with E-state index >= 15 is 0 Å². The van der Waals surface area contributed by atoms with E-state index < -0.39 is 0 Å². The summed E-state index contributed by atoms with van der Waals surface area (Å²) in [5.74, 6) is 0. The maximum Gasteiger partial charge on any atom is 0.409 e. The molecule has 1 aliphatic heterocycles. The van der Waals surface area contributed by atoms with E-state index in [2.05, 4.69) is 18.9 Å². The van der Waals surface area contributed by atoms with E-state index in [1.165, 1.54) is 0 Å². The van der Waals surface area contributed by atoms with Gasteiger partial charge in [0.05, 0.1) is 6.61 Å². The number of amides is 1. The highest BCUT2D eigenvalue weighted by molar-refractivity contribution is 5.67. The Morgan fingerprint density at radius 2 is 2.23 bits per heavy atom. The van der Waals surface area contributed by atoms with E-state index in [9.17, 15) is 4.79 Å². The predicted molar refractivity (Wildman–Crippen MR) is 50.7 cm³/mol. The summed E-state index contributed by atoms with van der Waals surface area (Å²) >= 11 is 0. The molecular formula is C9H18N2O2. The molecule has 1 saturated heterocycles. The molecule has 13 heavy (non-hydrogen) atoms. The van der Waals surface area contributed by atoms with Crippen molar-refractivity contribution in [2.75, 3.05) is 33.3 Å². The molecule has 4 nitrogen and oxygen atoms in total. The second kappa shape index (κ2) is 4.46. The number of ether oxygens (including phenoxy) is 1. The number of rotatable bonds is 1. The molecule has 0 saturated carbocycles. The molecule has 0 aromatic rings. The van der Waals surface area contributed by atoms with Crippen molar-refractivity contribution >= 4 is 6.09 Å². The largest absolute Gasteiger partial charge is 0.450 e. The van der Waals surface area contributed by atoms with Gasteiger partial charge in [-0.25, -0.2) is 4.79 Å². The molecule has 0 aromatic carbocycles. The van der Waals surface area contributed by atoms with Crippen molar-refractivity contribution in [2.45, 2.75) is 19.9 Å². The molecule has 1 aliphatic rings. The number of hydrogen-bond donors (Lipinski definition) is 0. The van der Waals surface area contributed by atoms with Gasteiger partial charge in [-0.1, -0.05) is 0 Å². The van der Waals surface area contributed by atoms with Crippen LogP contribution in [-0.4, -0.2) is 55.2 Å². The van der Waals surface area contributed by atoms with Crippen molar-refractivity contribution in [1.29, 1.82) is 0 Å². The lowest BCUT2D eigenvalue weighted by molar-refractivity contribution is 0.0675. The fraction of sp³-hybridized carbons (Fsp3) is 0.889. The Morgan fingerprint density at radius 1 is 1.54 bits per heavy atom. The smallest absolute Gasteiger partial charge is 0.409 e.